The van der Waals surface area contributed by atoms with Crippen LogP contribution in [0.2, 0.25) is 0 Å². The van der Waals surface area contributed by atoms with E-state index in [9.17, 15) is 9.59 Å². The summed E-state index contributed by atoms with van der Waals surface area (Å²) in [5.74, 6) is 5.32. The van der Waals surface area contributed by atoms with Crippen LogP contribution in [-0.2, 0) is 4.79 Å². The number of rotatable bonds is 5. The minimum atomic E-state index is -0.497. The molecule has 0 aromatic rings. The number of nitrogens with zero attached hydrogens (tertiary/aromatic N) is 1. The third-order valence-electron chi connectivity index (χ3n) is 1.81. The van der Waals surface area contributed by atoms with E-state index in [0.717, 1.165) is 5.01 Å². The Morgan fingerprint density at radius 1 is 1.50 bits per heavy atom. The summed E-state index contributed by atoms with van der Waals surface area (Å²) in [5, 5.41) is 6.37. The van der Waals surface area contributed by atoms with Crippen molar-refractivity contribution in [1.82, 2.24) is 15.6 Å². The van der Waals surface area contributed by atoms with Crippen molar-refractivity contribution in [3.8, 4) is 0 Å². The lowest BCUT2D eigenvalue weighted by Gasteiger charge is -2.19. The SMILES string of the molecule is CNCCN(N)C(=O)NC(C)C(C)=O. The summed E-state index contributed by atoms with van der Waals surface area (Å²) in [6, 6.07) is -0.939. The second-order valence-electron chi connectivity index (χ2n) is 3.08. The number of amides is 2. The van der Waals surface area contributed by atoms with Gasteiger partial charge in [-0.3, -0.25) is 9.80 Å². The highest BCUT2D eigenvalue weighted by atomic mass is 16.2. The Bertz CT molecular complexity index is 208. The average molecular weight is 202 g/mol. The van der Waals surface area contributed by atoms with E-state index in [-0.39, 0.29) is 5.78 Å². The molecule has 0 bridgehead atoms. The van der Waals surface area contributed by atoms with Gasteiger partial charge in [0.2, 0.25) is 0 Å². The smallest absolute Gasteiger partial charge is 0.327 e. The van der Waals surface area contributed by atoms with Gasteiger partial charge in [0, 0.05) is 6.54 Å². The van der Waals surface area contributed by atoms with Crippen molar-refractivity contribution in [1.29, 1.82) is 0 Å². The fourth-order valence-electron chi connectivity index (χ4n) is 0.704. The van der Waals surface area contributed by atoms with E-state index in [0.29, 0.717) is 13.1 Å². The third-order valence-corrected chi connectivity index (χ3v) is 1.81. The number of nitrogens with one attached hydrogen (secondary N) is 2. The van der Waals surface area contributed by atoms with Gasteiger partial charge in [-0.2, -0.15) is 0 Å². The fraction of sp³-hybridized carbons (Fsp3) is 0.750. The number of hydrogen-bond acceptors (Lipinski definition) is 4. The van der Waals surface area contributed by atoms with Crippen LogP contribution in [0.3, 0.4) is 0 Å². The first-order chi connectivity index (χ1) is 6.49. The molecule has 0 aromatic heterocycles. The van der Waals surface area contributed by atoms with Crippen molar-refractivity contribution < 1.29 is 9.59 Å². The molecule has 0 saturated heterocycles. The molecule has 2 amide bonds. The summed E-state index contributed by atoms with van der Waals surface area (Å²) in [6.45, 7) is 4.04. The molecule has 6 nitrogen and oxygen atoms in total. The lowest BCUT2D eigenvalue weighted by atomic mass is 10.2. The molecule has 82 valence electrons. The van der Waals surface area contributed by atoms with Crippen LogP contribution in [0.15, 0.2) is 0 Å². The lowest BCUT2D eigenvalue weighted by molar-refractivity contribution is -0.118. The first kappa shape index (κ1) is 12.9. The Labute approximate surface area is 83.8 Å². The molecule has 14 heavy (non-hydrogen) atoms. The highest BCUT2D eigenvalue weighted by Crippen LogP contribution is 1.86. The largest absolute Gasteiger partial charge is 0.332 e. The van der Waals surface area contributed by atoms with E-state index >= 15 is 0 Å². The molecule has 0 aliphatic carbocycles. The maximum absolute atomic E-state index is 11.3. The molecule has 0 rings (SSSR count). The zero-order chi connectivity index (χ0) is 11.1. The maximum Gasteiger partial charge on any atom is 0.332 e. The van der Waals surface area contributed by atoms with Crippen molar-refractivity contribution in [2.45, 2.75) is 19.9 Å². The van der Waals surface area contributed by atoms with E-state index in [1.165, 1.54) is 6.92 Å². The number of nitrogens with two attached hydrogens (primary N) is 1. The van der Waals surface area contributed by atoms with Crippen LogP contribution in [0.25, 0.3) is 0 Å². The molecule has 0 aliphatic rings. The van der Waals surface area contributed by atoms with Crippen molar-refractivity contribution in [3.63, 3.8) is 0 Å². The molecule has 0 radical (unpaired) electrons. The average Bonchev–Trinajstić information content (AvgIpc) is 2.13. The van der Waals surface area contributed by atoms with E-state index in [1.54, 1.807) is 14.0 Å². The van der Waals surface area contributed by atoms with Gasteiger partial charge in [-0.1, -0.05) is 0 Å². The van der Waals surface area contributed by atoms with Crippen molar-refractivity contribution in [2.75, 3.05) is 20.1 Å². The number of ketones is 1. The second kappa shape index (κ2) is 6.33. The molecule has 1 atom stereocenters. The van der Waals surface area contributed by atoms with Gasteiger partial charge in [0.25, 0.3) is 0 Å². The van der Waals surface area contributed by atoms with Crippen LogP contribution < -0.4 is 16.5 Å². The molecule has 0 saturated carbocycles. The summed E-state index contributed by atoms with van der Waals surface area (Å²) in [6.07, 6.45) is 0. The molecular formula is C8H18N4O2. The summed E-state index contributed by atoms with van der Waals surface area (Å²) in [7, 11) is 1.77. The molecular weight excluding hydrogens is 184 g/mol. The van der Waals surface area contributed by atoms with Crippen LogP contribution in [0.5, 0.6) is 0 Å². The number of carbonyl (C=O) groups excluding carboxylic acids is 2. The van der Waals surface area contributed by atoms with Gasteiger partial charge >= 0.3 is 6.03 Å². The van der Waals surface area contributed by atoms with Gasteiger partial charge in [0.05, 0.1) is 12.6 Å². The van der Waals surface area contributed by atoms with E-state index in [2.05, 4.69) is 10.6 Å². The molecule has 0 spiro atoms. The number of carbonyl (C=O) groups is 2. The molecule has 6 heteroatoms. The minimum Gasteiger partial charge on any atom is -0.327 e. The van der Waals surface area contributed by atoms with Crippen LogP contribution in [0.1, 0.15) is 13.8 Å². The summed E-state index contributed by atoms with van der Waals surface area (Å²) in [4.78, 5) is 22.1. The van der Waals surface area contributed by atoms with Crippen LogP contribution >= 0.6 is 0 Å². The van der Waals surface area contributed by atoms with Crippen LogP contribution in [0.4, 0.5) is 4.79 Å². The number of likely N-dealkylation sites (N-methyl/N-ethyl adjacent to an activating group) is 1. The summed E-state index contributed by atoms with van der Waals surface area (Å²) >= 11 is 0. The third kappa shape index (κ3) is 4.78. The van der Waals surface area contributed by atoms with Crippen LogP contribution in [-0.4, -0.2) is 43.0 Å². The zero-order valence-corrected chi connectivity index (χ0v) is 8.83. The maximum atomic E-state index is 11.3. The predicted octanol–water partition coefficient (Wildman–Crippen LogP) is -0.931. The number of Topliss-reactive ketones (excluding diaryl/α,β-unsaturated/α-hetero) is 1. The van der Waals surface area contributed by atoms with Gasteiger partial charge in [0.15, 0.2) is 5.78 Å². The standard InChI is InChI=1S/C8H18N4O2/c1-6(7(2)13)11-8(14)12(9)5-4-10-3/h6,10H,4-5,9H2,1-3H3,(H,11,14). The van der Waals surface area contributed by atoms with Crippen molar-refractivity contribution in [3.05, 3.63) is 0 Å². The lowest BCUT2D eigenvalue weighted by Crippen LogP contribution is -2.50. The van der Waals surface area contributed by atoms with Gasteiger partial charge in [-0.25, -0.2) is 10.6 Å². The minimum absolute atomic E-state index is 0.0969. The Balaban J connectivity index is 3.88. The molecule has 0 fully saturated rings. The first-order valence-electron chi connectivity index (χ1n) is 4.46. The molecule has 0 aliphatic heterocycles. The number of hydrazine groups is 1. The zero-order valence-electron chi connectivity index (χ0n) is 8.83. The van der Waals surface area contributed by atoms with Crippen molar-refractivity contribution >= 4 is 11.8 Å². The summed E-state index contributed by atoms with van der Waals surface area (Å²) < 4.78 is 0. The van der Waals surface area contributed by atoms with Gasteiger partial charge in [0.1, 0.15) is 0 Å². The van der Waals surface area contributed by atoms with Gasteiger partial charge in [-0.05, 0) is 20.9 Å². The van der Waals surface area contributed by atoms with Gasteiger partial charge < -0.3 is 10.6 Å². The Kier molecular flexibility index (Phi) is 5.82. The Morgan fingerprint density at radius 2 is 2.07 bits per heavy atom. The molecule has 0 heterocycles. The quantitative estimate of drug-likeness (QED) is 0.305. The Hall–Kier alpha value is -1.14. The second-order valence-corrected chi connectivity index (χ2v) is 3.08. The predicted molar refractivity (Wildman–Crippen MR) is 53.5 cm³/mol. The van der Waals surface area contributed by atoms with E-state index in [1.807, 2.05) is 0 Å². The summed E-state index contributed by atoms with van der Waals surface area (Å²) in [5.41, 5.74) is 0. The fourth-order valence-corrected chi connectivity index (χ4v) is 0.704. The molecule has 0 aromatic carbocycles. The molecule has 1 unspecified atom stereocenters. The first-order valence-corrected chi connectivity index (χ1v) is 4.46. The highest BCUT2D eigenvalue weighted by Gasteiger charge is 2.14. The van der Waals surface area contributed by atoms with Crippen LogP contribution in [0, 0.1) is 0 Å². The topological polar surface area (TPSA) is 87.5 Å². The van der Waals surface area contributed by atoms with E-state index < -0.39 is 12.1 Å². The number of urea groups is 1. The normalized spacial score (nSPS) is 12.0. The van der Waals surface area contributed by atoms with Gasteiger partial charge in [-0.15, -0.1) is 0 Å². The monoisotopic (exact) mass is 202 g/mol. The number of hydrogen-bond donors (Lipinski definition) is 3. The highest BCUT2D eigenvalue weighted by molar-refractivity contribution is 5.86. The Morgan fingerprint density at radius 3 is 2.50 bits per heavy atom. The van der Waals surface area contributed by atoms with Crippen molar-refractivity contribution in [2.24, 2.45) is 5.84 Å². The van der Waals surface area contributed by atoms with E-state index in [4.69, 9.17) is 5.84 Å². The molecule has 4 N–H and O–H groups in total.